The van der Waals surface area contributed by atoms with E-state index in [0.29, 0.717) is 6.54 Å². The molecule has 2 nitrogen and oxygen atoms in total. The molecule has 0 saturated heterocycles. The molecule has 2 aromatic carbocycles. The van der Waals surface area contributed by atoms with Crippen LogP contribution >= 0.6 is 22.6 Å². The molecule has 0 aliphatic rings. The largest absolute Gasteiger partial charge is 0.348 e. The maximum Gasteiger partial charge on any atom is 0.252 e. The summed E-state index contributed by atoms with van der Waals surface area (Å²) in [7, 11) is 0. The van der Waals surface area contributed by atoms with Gasteiger partial charge in [0.2, 0.25) is 0 Å². The molecule has 0 aromatic heterocycles. The third-order valence-electron chi connectivity index (χ3n) is 3.19. The van der Waals surface area contributed by atoms with Crippen LogP contribution in [-0.2, 0) is 6.54 Å². The van der Waals surface area contributed by atoms with Crippen molar-refractivity contribution in [2.45, 2.75) is 20.4 Å². The molecular weight excluding hydrogens is 349 g/mol. The van der Waals surface area contributed by atoms with E-state index in [4.69, 9.17) is 0 Å². The van der Waals surface area contributed by atoms with E-state index in [1.54, 1.807) is 0 Å². The van der Waals surface area contributed by atoms with Crippen LogP contribution in [0, 0.1) is 17.4 Å². The minimum Gasteiger partial charge on any atom is -0.348 e. The van der Waals surface area contributed by atoms with Crippen molar-refractivity contribution < 1.29 is 4.79 Å². The minimum absolute atomic E-state index is 0.0207. The predicted molar refractivity (Wildman–Crippen MR) is 86.2 cm³/mol. The summed E-state index contributed by atoms with van der Waals surface area (Å²) in [5.41, 5.74) is 4.35. The Morgan fingerprint density at radius 2 is 1.68 bits per heavy atom. The van der Waals surface area contributed by atoms with Crippen molar-refractivity contribution in [3.63, 3.8) is 0 Å². The maximum atomic E-state index is 12.1. The van der Waals surface area contributed by atoms with Gasteiger partial charge in [0.15, 0.2) is 0 Å². The highest BCUT2D eigenvalue weighted by Crippen LogP contribution is 2.14. The highest BCUT2D eigenvalue weighted by atomic mass is 127. The highest BCUT2D eigenvalue weighted by Gasteiger charge is 2.09. The lowest BCUT2D eigenvalue weighted by atomic mass is 10.0. The van der Waals surface area contributed by atoms with Crippen molar-refractivity contribution in [2.75, 3.05) is 0 Å². The molecule has 0 radical (unpaired) electrons. The van der Waals surface area contributed by atoms with Crippen molar-refractivity contribution in [1.29, 1.82) is 0 Å². The standard InChI is InChI=1S/C16H16INO/c1-11-6-5-7-12(2)14(11)10-18-16(19)13-8-3-4-9-15(13)17/h3-9H,10H2,1-2H3,(H,18,19). The van der Waals surface area contributed by atoms with Gasteiger partial charge in [0.05, 0.1) is 5.56 Å². The van der Waals surface area contributed by atoms with E-state index >= 15 is 0 Å². The smallest absolute Gasteiger partial charge is 0.252 e. The molecule has 2 aromatic rings. The topological polar surface area (TPSA) is 29.1 Å². The Morgan fingerprint density at radius 1 is 1.05 bits per heavy atom. The van der Waals surface area contributed by atoms with Crippen LogP contribution in [0.25, 0.3) is 0 Å². The molecule has 0 atom stereocenters. The zero-order valence-electron chi connectivity index (χ0n) is 11.0. The van der Waals surface area contributed by atoms with Crippen molar-refractivity contribution in [3.8, 4) is 0 Å². The molecule has 0 bridgehead atoms. The van der Waals surface area contributed by atoms with Crippen LogP contribution in [0.2, 0.25) is 0 Å². The van der Waals surface area contributed by atoms with Crippen LogP contribution in [0.4, 0.5) is 0 Å². The lowest BCUT2D eigenvalue weighted by Crippen LogP contribution is -2.24. The lowest BCUT2D eigenvalue weighted by Gasteiger charge is -2.11. The molecule has 0 fully saturated rings. The Morgan fingerprint density at radius 3 is 2.32 bits per heavy atom. The van der Waals surface area contributed by atoms with Gasteiger partial charge in [0.25, 0.3) is 5.91 Å². The second-order valence-electron chi connectivity index (χ2n) is 4.53. The average Bonchev–Trinajstić information content (AvgIpc) is 2.38. The van der Waals surface area contributed by atoms with Crippen LogP contribution < -0.4 is 5.32 Å². The SMILES string of the molecule is Cc1cccc(C)c1CNC(=O)c1ccccc1I. The van der Waals surface area contributed by atoms with Gasteiger partial charge < -0.3 is 5.32 Å². The van der Waals surface area contributed by atoms with Gasteiger partial charge in [-0.3, -0.25) is 4.79 Å². The molecule has 19 heavy (non-hydrogen) atoms. The average molecular weight is 365 g/mol. The fourth-order valence-corrected chi connectivity index (χ4v) is 2.67. The van der Waals surface area contributed by atoms with E-state index in [9.17, 15) is 4.79 Å². The molecule has 1 amide bonds. The molecule has 0 aliphatic heterocycles. The van der Waals surface area contributed by atoms with Gasteiger partial charge >= 0.3 is 0 Å². The maximum absolute atomic E-state index is 12.1. The molecular formula is C16H16INO. The van der Waals surface area contributed by atoms with Gasteiger partial charge in [0.1, 0.15) is 0 Å². The number of hydrogen-bond acceptors (Lipinski definition) is 1. The fraction of sp³-hybridized carbons (Fsp3) is 0.188. The van der Waals surface area contributed by atoms with Gasteiger partial charge in [-0.05, 0) is 65.3 Å². The summed E-state index contributed by atoms with van der Waals surface area (Å²) in [4.78, 5) is 12.1. The van der Waals surface area contributed by atoms with Crippen molar-refractivity contribution in [1.82, 2.24) is 5.32 Å². The number of rotatable bonds is 3. The molecule has 0 spiro atoms. The third kappa shape index (κ3) is 3.35. The van der Waals surface area contributed by atoms with Gasteiger partial charge in [-0.1, -0.05) is 30.3 Å². The zero-order valence-corrected chi connectivity index (χ0v) is 13.2. The quantitative estimate of drug-likeness (QED) is 0.823. The van der Waals surface area contributed by atoms with Crippen LogP contribution in [0.3, 0.4) is 0 Å². The van der Waals surface area contributed by atoms with E-state index in [1.165, 1.54) is 16.7 Å². The number of amides is 1. The summed E-state index contributed by atoms with van der Waals surface area (Å²) < 4.78 is 0.971. The molecule has 0 unspecified atom stereocenters. The van der Waals surface area contributed by atoms with E-state index in [0.717, 1.165) is 9.13 Å². The van der Waals surface area contributed by atoms with Crippen molar-refractivity contribution in [3.05, 3.63) is 68.3 Å². The summed E-state index contributed by atoms with van der Waals surface area (Å²) in [5, 5.41) is 2.99. The first-order chi connectivity index (χ1) is 9.09. The normalized spacial score (nSPS) is 10.3. The molecule has 98 valence electrons. The Bertz CT molecular complexity index is 587. The van der Waals surface area contributed by atoms with E-state index in [2.05, 4.69) is 53.9 Å². The van der Waals surface area contributed by atoms with Crippen LogP contribution in [0.15, 0.2) is 42.5 Å². The minimum atomic E-state index is -0.0207. The van der Waals surface area contributed by atoms with E-state index in [-0.39, 0.29) is 5.91 Å². The number of carbonyl (C=O) groups excluding carboxylic acids is 1. The molecule has 1 N–H and O–H groups in total. The highest BCUT2D eigenvalue weighted by molar-refractivity contribution is 14.1. The second-order valence-corrected chi connectivity index (χ2v) is 5.70. The van der Waals surface area contributed by atoms with Gasteiger partial charge in [0, 0.05) is 10.1 Å². The molecule has 3 heteroatoms. The number of nitrogens with one attached hydrogen (secondary N) is 1. The summed E-state index contributed by atoms with van der Waals surface area (Å²) in [6.07, 6.45) is 0. The van der Waals surface area contributed by atoms with Crippen LogP contribution in [0.5, 0.6) is 0 Å². The van der Waals surface area contributed by atoms with Gasteiger partial charge in [-0.2, -0.15) is 0 Å². The monoisotopic (exact) mass is 365 g/mol. The number of benzene rings is 2. The van der Waals surface area contributed by atoms with Crippen molar-refractivity contribution in [2.24, 2.45) is 0 Å². The summed E-state index contributed by atoms with van der Waals surface area (Å²) in [6, 6.07) is 13.8. The second kappa shape index (κ2) is 6.19. The fourth-order valence-electron chi connectivity index (χ4n) is 2.04. The molecule has 2 rings (SSSR count). The molecule has 0 saturated carbocycles. The zero-order chi connectivity index (χ0) is 13.8. The lowest BCUT2D eigenvalue weighted by molar-refractivity contribution is 0.0950. The Balaban J connectivity index is 2.11. The van der Waals surface area contributed by atoms with Crippen LogP contribution in [-0.4, -0.2) is 5.91 Å². The van der Waals surface area contributed by atoms with Gasteiger partial charge in [-0.15, -0.1) is 0 Å². The number of carbonyl (C=O) groups is 1. The Hall–Kier alpha value is -1.36. The van der Waals surface area contributed by atoms with Gasteiger partial charge in [-0.25, -0.2) is 0 Å². The van der Waals surface area contributed by atoms with Crippen molar-refractivity contribution >= 4 is 28.5 Å². The first-order valence-electron chi connectivity index (χ1n) is 6.17. The van der Waals surface area contributed by atoms with E-state index in [1.807, 2.05) is 30.3 Å². The molecule has 0 heterocycles. The number of halogens is 1. The first kappa shape index (κ1) is 14.1. The Kier molecular flexibility index (Phi) is 4.58. The Labute approximate surface area is 127 Å². The summed E-state index contributed by atoms with van der Waals surface area (Å²) >= 11 is 2.18. The summed E-state index contributed by atoms with van der Waals surface area (Å²) in [6.45, 7) is 4.71. The third-order valence-corrected chi connectivity index (χ3v) is 4.13. The van der Waals surface area contributed by atoms with E-state index < -0.39 is 0 Å². The summed E-state index contributed by atoms with van der Waals surface area (Å²) in [5.74, 6) is -0.0207. The molecule has 0 aliphatic carbocycles. The number of hydrogen-bond donors (Lipinski definition) is 1. The number of aryl methyl sites for hydroxylation is 2. The first-order valence-corrected chi connectivity index (χ1v) is 7.25. The predicted octanol–water partition coefficient (Wildman–Crippen LogP) is 3.84. The van der Waals surface area contributed by atoms with Crippen LogP contribution in [0.1, 0.15) is 27.0 Å².